The fourth-order valence-corrected chi connectivity index (χ4v) is 5.16. The Morgan fingerprint density at radius 3 is 3.00 bits per heavy atom. The zero-order chi connectivity index (χ0) is 18.3. The molecule has 1 N–H and O–H groups in total. The maximum Gasteiger partial charge on any atom is 0.271 e. The highest BCUT2D eigenvalue weighted by atomic mass is 32.2. The van der Waals surface area contributed by atoms with Crippen molar-refractivity contribution in [1.29, 1.82) is 0 Å². The van der Waals surface area contributed by atoms with Crippen LogP contribution in [0.5, 0.6) is 0 Å². The molecule has 0 unspecified atom stereocenters. The van der Waals surface area contributed by atoms with E-state index >= 15 is 0 Å². The van der Waals surface area contributed by atoms with Crippen LogP contribution >= 0.6 is 11.8 Å². The molecule has 4 rings (SSSR count). The van der Waals surface area contributed by atoms with Crippen LogP contribution in [0.2, 0.25) is 0 Å². The van der Waals surface area contributed by atoms with Gasteiger partial charge >= 0.3 is 0 Å². The predicted octanol–water partition coefficient (Wildman–Crippen LogP) is 3.77. The Morgan fingerprint density at radius 2 is 2.31 bits per heavy atom. The molecule has 8 heteroatoms. The van der Waals surface area contributed by atoms with Gasteiger partial charge in [-0.15, -0.1) is 0 Å². The van der Waals surface area contributed by atoms with E-state index < -0.39 is 4.92 Å². The molecule has 2 fully saturated rings. The van der Waals surface area contributed by atoms with E-state index in [1.807, 2.05) is 0 Å². The second kappa shape index (κ2) is 6.90. The highest BCUT2D eigenvalue weighted by molar-refractivity contribution is 7.99. The molecule has 1 aromatic carbocycles. The molecule has 2 saturated carbocycles. The van der Waals surface area contributed by atoms with Gasteiger partial charge < -0.3 is 9.73 Å². The van der Waals surface area contributed by atoms with Gasteiger partial charge in [-0.05, 0) is 50.0 Å². The topological polar surface area (TPSA) is 98.3 Å². The fourth-order valence-electron chi connectivity index (χ4n) is 4.51. The van der Waals surface area contributed by atoms with Gasteiger partial charge in [-0.2, -0.15) is 0 Å². The van der Waals surface area contributed by atoms with E-state index in [9.17, 15) is 14.9 Å². The number of oxazole rings is 1. The smallest absolute Gasteiger partial charge is 0.271 e. The third-order valence-corrected chi connectivity index (χ3v) is 6.54. The van der Waals surface area contributed by atoms with E-state index in [0.29, 0.717) is 22.2 Å². The van der Waals surface area contributed by atoms with E-state index in [2.05, 4.69) is 17.2 Å². The number of fused-ring (bicyclic) bond motifs is 3. The quantitative estimate of drug-likeness (QED) is 0.469. The van der Waals surface area contributed by atoms with Gasteiger partial charge in [0.1, 0.15) is 5.52 Å². The molecular weight excluding hydrogens is 354 g/mol. The number of hydrogen-bond donors (Lipinski definition) is 1. The van der Waals surface area contributed by atoms with Crippen LogP contribution in [0.3, 0.4) is 0 Å². The highest BCUT2D eigenvalue weighted by Crippen LogP contribution is 2.49. The van der Waals surface area contributed by atoms with Crippen LogP contribution in [0.4, 0.5) is 5.69 Å². The standard InChI is InChI=1S/C18H21N3O4S/c1-10(14-7-11-2-3-12(14)6-11)19-17(22)9-26-18-20-15-8-13(21(23)24)4-5-16(15)25-18/h4-5,8,10-12,14H,2-3,6-7,9H2,1H3,(H,19,22)/t10-,11+,12+,14+/m1/s1. The number of hydrogen-bond acceptors (Lipinski definition) is 6. The largest absolute Gasteiger partial charge is 0.431 e. The number of nitrogens with one attached hydrogen (secondary N) is 1. The van der Waals surface area contributed by atoms with Crippen molar-refractivity contribution >= 4 is 34.5 Å². The lowest BCUT2D eigenvalue weighted by atomic mass is 9.84. The lowest BCUT2D eigenvalue weighted by molar-refractivity contribution is -0.384. The van der Waals surface area contributed by atoms with Gasteiger partial charge in [0.05, 0.1) is 10.7 Å². The van der Waals surface area contributed by atoms with Gasteiger partial charge in [-0.1, -0.05) is 18.2 Å². The fraction of sp³-hybridized carbons (Fsp3) is 0.556. The minimum Gasteiger partial charge on any atom is -0.431 e. The molecule has 2 bridgehead atoms. The second-order valence-corrected chi connectivity index (χ2v) is 8.30. The number of benzene rings is 1. The Morgan fingerprint density at radius 1 is 1.46 bits per heavy atom. The summed E-state index contributed by atoms with van der Waals surface area (Å²) in [7, 11) is 0. The number of carbonyl (C=O) groups excluding carboxylic acids is 1. The van der Waals surface area contributed by atoms with Gasteiger partial charge in [0.15, 0.2) is 5.58 Å². The molecule has 26 heavy (non-hydrogen) atoms. The van der Waals surface area contributed by atoms with Gasteiger partial charge in [-0.25, -0.2) is 4.98 Å². The summed E-state index contributed by atoms with van der Waals surface area (Å²) in [4.78, 5) is 26.8. The Kier molecular flexibility index (Phi) is 4.60. The van der Waals surface area contributed by atoms with Gasteiger partial charge in [-0.3, -0.25) is 14.9 Å². The number of non-ortho nitro benzene ring substituents is 1. The monoisotopic (exact) mass is 375 g/mol. The van der Waals surface area contributed by atoms with Crippen LogP contribution in [0, 0.1) is 27.9 Å². The molecular formula is C18H21N3O4S. The third-order valence-electron chi connectivity index (χ3n) is 5.71. The number of nitrogens with zero attached hydrogens (tertiary/aromatic N) is 2. The molecule has 0 spiro atoms. The second-order valence-electron chi connectivity index (χ2n) is 7.37. The van der Waals surface area contributed by atoms with E-state index in [-0.39, 0.29) is 23.4 Å². The lowest BCUT2D eigenvalue weighted by Gasteiger charge is -2.28. The Balaban J connectivity index is 1.32. The molecule has 138 valence electrons. The molecule has 0 saturated heterocycles. The summed E-state index contributed by atoms with van der Waals surface area (Å²) >= 11 is 1.21. The number of rotatable bonds is 6. The Hall–Kier alpha value is -2.09. The maximum atomic E-state index is 12.3. The van der Waals surface area contributed by atoms with Crippen molar-refractivity contribution in [2.75, 3.05) is 5.75 Å². The molecule has 0 radical (unpaired) electrons. The predicted molar refractivity (Wildman–Crippen MR) is 97.9 cm³/mol. The van der Waals surface area contributed by atoms with Gasteiger partial charge in [0.2, 0.25) is 5.91 Å². The summed E-state index contributed by atoms with van der Waals surface area (Å²) < 4.78 is 5.55. The zero-order valence-electron chi connectivity index (χ0n) is 14.5. The summed E-state index contributed by atoms with van der Waals surface area (Å²) in [6.45, 7) is 2.10. The van der Waals surface area contributed by atoms with Crippen LogP contribution in [0.1, 0.15) is 32.6 Å². The molecule has 2 aliphatic rings. The first kappa shape index (κ1) is 17.3. The van der Waals surface area contributed by atoms with Crippen LogP contribution in [0.15, 0.2) is 27.8 Å². The first-order valence-electron chi connectivity index (χ1n) is 8.96. The van der Waals surface area contributed by atoms with E-state index in [0.717, 1.165) is 11.8 Å². The highest BCUT2D eigenvalue weighted by Gasteiger charge is 2.42. The number of thioether (sulfide) groups is 1. The first-order chi connectivity index (χ1) is 12.5. The van der Waals surface area contributed by atoms with Crippen LogP contribution in [-0.2, 0) is 4.79 Å². The maximum absolute atomic E-state index is 12.3. The van der Waals surface area contributed by atoms with E-state index in [1.54, 1.807) is 0 Å². The van der Waals surface area contributed by atoms with Crippen molar-refractivity contribution < 1.29 is 14.1 Å². The number of nitro benzene ring substituents is 1. The molecule has 4 atom stereocenters. The SMILES string of the molecule is C[C@@H](NC(=O)CSc1nc2cc([N+](=O)[O-])ccc2o1)[C@@H]1C[C@H]2CC[C@H]1C2. The van der Waals surface area contributed by atoms with Crippen LogP contribution < -0.4 is 5.32 Å². The Bertz CT molecular complexity index is 852. The Labute approximate surface area is 155 Å². The average molecular weight is 375 g/mol. The molecule has 1 aromatic heterocycles. The molecule has 2 aromatic rings. The summed E-state index contributed by atoms with van der Waals surface area (Å²) in [6, 6.07) is 4.48. The normalized spacial score (nSPS) is 25.5. The number of aromatic nitrogens is 1. The summed E-state index contributed by atoms with van der Waals surface area (Å²) in [6.07, 6.45) is 5.23. The average Bonchev–Trinajstić information content (AvgIpc) is 3.33. The molecule has 1 heterocycles. The molecule has 1 amide bonds. The van der Waals surface area contributed by atoms with Crippen LogP contribution in [-0.4, -0.2) is 27.6 Å². The van der Waals surface area contributed by atoms with Crippen molar-refractivity contribution in [2.24, 2.45) is 17.8 Å². The number of nitro groups is 1. The van der Waals surface area contributed by atoms with E-state index in [4.69, 9.17) is 4.42 Å². The zero-order valence-corrected chi connectivity index (χ0v) is 15.3. The van der Waals surface area contributed by atoms with Crippen molar-refractivity contribution in [2.45, 2.75) is 43.9 Å². The van der Waals surface area contributed by atoms with Crippen LogP contribution in [0.25, 0.3) is 11.1 Å². The van der Waals surface area contributed by atoms with Crippen molar-refractivity contribution in [3.05, 3.63) is 28.3 Å². The molecule has 2 aliphatic carbocycles. The summed E-state index contributed by atoms with van der Waals surface area (Å²) in [5, 5.41) is 14.3. The van der Waals surface area contributed by atoms with Crippen molar-refractivity contribution in [3.8, 4) is 0 Å². The molecule has 0 aliphatic heterocycles. The summed E-state index contributed by atoms with van der Waals surface area (Å²) in [5.74, 6) is 2.43. The first-order valence-corrected chi connectivity index (χ1v) is 9.95. The van der Waals surface area contributed by atoms with E-state index in [1.165, 1.54) is 55.6 Å². The van der Waals surface area contributed by atoms with Gasteiger partial charge in [0, 0.05) is 18.2 Å². The molecule has 7 nitrogen and oxygen atoms in total. The van der Waals surface area contributed by atoms with Crippen molar-refractivity contribution in [1.82, 2.24) is 10.3 Å². The summed E-state index contributed by atoms with van der Waals surface area (Å²) in [5.41, 5.74) is 0.881. The number of amides is 1. The van der Waals surface area contributed by atoms with Crippen molar-refractivity contribution in [3.63, 3.8) is 0 Å². The lowest BCUT2D eigenvalue weighted by Crippen LogP contribution is -2.40. The third kappa shape index (κ3) is 3.42. The number of carbonyl (C=O) groups is 1. The van der Waals surface area contributed by atoms with Gasteiger partial charge in [0.25, 0.3) is 10.9 Å². The minimum absolute atomic E-state index is 0.0280. The minimum atomic E-state index is -0.467.